The first kappa shape index (κ1) is 14.7. The van der Waals surface area contributed by atoms with Crippen LogP contribution in [0.5, 0.6) is 0 Å². The van der Waals surface area contributed by atoms with Gasteiger partial charge < -0.3 is 13.1 Å². The van der Waals surface area contributed by atoms with Crippen molar-refractivity contribution in [2.45, 2.75) is 12.3 Å². The number of carboxylic acid groups (broad SMARTS) is 2. The summed E-state index contributed by atoms with van der Waals surface area (Å²) in [6, 6.07) is 7.90. The second kappa shape index (κ2) is 5.72. The van der Waals surface area contributed by atoms with Gasteiger partial charge in [-0.05, 0) is 12.5 Å². The molecule has 0 amide bonds. The maximum Gasteiger partial charge on any atom is 2.00 e. The summed E-state index contributed by atoms with van der Waals surface area (Å²) in [5, 5.41) is 17.8. The molecule has 0 bridgehead atoms. The molecule has 2 N–H and O–H groups in total. The molecule has 1 aromatic carbocycles. The van der Waals surface area contributed by atoms with Gasteiger partial charge in [0.2, 0.25) is 0 Å². The fourth-order valence-electron chi connectivity index (χ4n) is 1.11. The molecule has 5 heteroatoms. The van der Waals surface area contributed by atoms with Crippen molar-refractivity contribution in [1.29, 1.82) is 0 Å². The maximum atomic E-state index is 10.9. The third-order valence-electron chi connectivity index (χ3n) is 2.21. The van der Waals surface area contributed by atoms with Gasteiger partial charge in [0.25, 0.3) is 0 Å². The molecule has 0 saturated carbocycles. The zero-order chi connectivity index (χ0) is 10.8. The summed E-state index contributed by atoms with van der Waals surface area (Å²) in [5.74, 6) is -2.73. The summed E-state index contributed by atoms with van der Waals surface area (Å²) in [6.45, 7) is 1.17. The largest absolute Gasteiger partial charge is 2.00 e. The third kappa shape index (κ3) is 2.85. The van der Waals surface area contributed by atoms with Crippen LogP contribution >= 0.6 is 0 Å². The van der Waals surface area contributed by atoms with Gasteiger partial charge in [-0.3, -0.25) is 9.59 Å². The van der Waals surface area contributed by atoms with E-state index >= 15 is 0 Å². The van der Waals surface area contributed by atoms with Crippen molar-refractivity contribution in [1.82, 2.24) is 0 Å². The average Bonchev–Trinajstić information content (AvgIpc) is 2.17. The number of benzene rings is 1. The minimum atomic E-state index is -1.87. The molecule has 1 aromatic rings. The molecule has 0 atom stereocenters. The van der Waals surface area contributed by atoms with Crippen LogP contribution in [0.4, 0.5) is 0 Å². The van der Waals surface area contributed by atoms with Gasteiger partial charge in [-0.15, -0.1) is 0 Å². The Morgan fingerprint density at radius 3 is 1.87 bits per heavy atom. The summed E-state index contributed by atoms with van der Waals surface area (Å²) < 4.78 is 0. The van der Waals surface area contributed by atoms with Crippen LogP contribution in [0.3, 0.4) is 0 Å². The minimum Gasteiger partial charge on any atom is -1.00 e. The van der Waals surface area contributed by atoms with E-state index in [1.807, 2.05) is 0 Å². The summed E-state index contributed by atoms with van der Waals surface area (Å²) >= 11 is 0. The van der Waals surface area contributed by atoms with Gasteiger partial charge in [0.05, 0.1) is 0 Å². The van der Waals surface area contributed by atoms with Crippen molar-refractivity contribution in [2.75, 3.05) is 0 Å². The van der Waals surface area contributed by atoms with E-state index in [9.17, 15) is 9.59 Å². The molecule has 0 heterocycles. The third-order valence-corrected chi connectivity index (χ3v) is 2.21. The normalized spacial score (nSPS) is 10.2. The molecule has 78 valence electrons. The van der Waals surface area contributed by atoms with Gasteiger partial charge in [0, 0.05) is 0 Å². The molecule has 15 heavy (non-hydrogen) atoms. The van der Waals surface area contributed by atoms with Gasteiger partial charge in [-0.25, -0.2) is 0 Å². The molecule has 4 nitrogen and oxygen atoms in total. The van der Waals surface area contributed by atoms with E-state index in [4.69, 9.17) is 10.2 Å². The van der Waals surface area contributed by atoms with Crippen LogP contribution in [0.1, 0.15) is 15.3 Å². The van der Waals surface area contributed by atoms with Crippen molar-refractivity contribution in [2.24, 2.45) is 0 Å². The zero-order valence-corrected chi connectivity index (χ0v) is 12.7. The van der Waals surface area contributed by atoms with Gasteiger partial charge in [-0.2, -0.15) is 0 Å². The van der Waals surface area contributed by atoms with Crippen LogP contribution in [0.2, 0.25) is 0 Å². The standard InChI is InChI=1S/C10H10O4.Ba.2H/c1-10(8(11)12,9(13)14)7-5-3-2-4-6-7;;;/h2-6H,1H3,(H,11,12)(H,13,14);;;/q;+2;2*-1. The SMILES string of the molecule is CC(C(=O)O)(C(=O)O)c1ccccc1.[Ba+2].[H-].[H-]. The second-order valence-electron chi connectivity index (χ2n) is 3.10. The summed E-state index contributed by atoms with van der Waals surface area (Å²) in [7, 11) is 0. The first-order valence-electron chi connectivity index (χ1n) is 4.02. The molecule has 0 fully saturated rings. The van der Waals surface area contributed by atoms with Gasteiger partial charge in [0.1, 0.15) is 0 Å². The van der Waals surface area contributed by atoms with Crippen LogP contribution in [-0.4, -0.2) is 71.0 Å². The van der Waals surface area contributed by atoms with Crippen LogP contribution in [0.15, 0.2) is 30.3 Å². The average molecular weight is 334 g/mol. The molecular formula is C10H12BaO4. The summed E-state index contributed by atoms with van der Waals surface area (Å²) in [6.07, 6.45) is 0. The Labute approximate surface area is 130 Å². The molecular weight excluding hydrogens is 321 g/mol. The van der Waals surface area contributed by atoms with Crippen molar-refractivity contribution in [3.8, 4) is 0 Å². The van der Waals surface area contributed by atoms with Crippen LogP contribution in [0, 0.1) is 0 Å². The van der Waals surface area contributed by atoms with Gasteiger partial charge in [0.15, 0.2) is 5.41 Å². The van der Waals surface area contributed by atoms with E-state index in [2.05, 4.69) is 0 Å². The first-order valence-corrected chi connectivity index (χ1v) is 4.02. The Kier molecular flexibility index (Phi) is 5.61. The molecule has 0 saturated heterocycles. The molecule has 0 spiro atoms. The number of carbonyl (C=O) groups is 2. The van der Waals surface area contributed by atoms with E-state index in [1.165, 1.54) is 19.1 Å². The van der Waals surface area contributed by atoms with Crippen LogP contribution < -0.4 is 0 Å². The fraction of sp³-hybridized carbons (Fsp3) is 0.200. The van der Waals surface area contributed by atoms with Crippen molar-refractivity contribution in [3.05, 3.63) is 35.9 Å². The van der Waals surface area contributed by atoms with E-state index < -0.39 is 17.4 Å². The molecule has 0 aliphatic carbocycles. The Balaban J connectivity index is -0.000000653. The molecule has 0 aromatic heterocycles. The van der Waals surface area contributed by atoms with Gasteiger partial charge >= 0.3 is 60.8 Å². The predicted octanol–water partition coefficient (Wildman–Crippen LogP) is 0.958. The maximum absolute atomic E-state index is 10.9. The minimum absolute atomic E-state index is 0. The Bertz CT molecular complexity index is 356. The Morgan fingerprint density at radius 1 is 1.13 bits per heavy atom. The summed E-state index contributed by atoms with van der Waals surface area (Å²) in [4.78, 5) is 21.8. The van der Waals surface area contributed by atoms with Crippen LogP contribution in [0.25, 0.3) is 0 Å². The van der Waals surface area contributed by atoms with E-state index in [0.717, 1.165) is 0 Å². The zero-order valence-electron chi connectivity index (χ0n) is 10.3. The van der Waals surface area contributed by atoms with E-state index in [0.29, 0.717) is 0 Å². The topological polar surface area (TPSA) is 74.6 Å². The van der Waals surface area contributed by atoms with Crippen molar-refractivity contribution < 1.29 is 22.7 Å². The summed E-state index contributed by atoms with van der Waals surface area (Å²) in [5.41, 5.74) is -1.61. The molecule has 0 aliphatic rings. The van der Waals surface area contributed by atoms with Crippen molar-refractivity contribution >= 4 is 60.8 Å². The fourth-order valence-corrected chi connectivity index (χ4v) is 1.11. The van der Waals surface area contributed by atoms with Crippen LogP contribution in [-0.2, 0) is 15.0 Å². The Morgan fingerprint density at radius 2 is 1.53 bits per heavy atom. The monoisotopic (exact) mass is 334 g/mol. The van der Waals surface area contributed by atoms with Crippen molar-refractivity contribution in [3.63, 3.8) is 0 Å². The number of hydrogen-bond acceptors (Lipinski definition) is 2. The Hall–Kier alpha value is -0.269. The number of rotatable bonds is 3. The molecule has 0 aliphatic heterocycles. The number of carboxylic acids is 2. The predicted molar refractivity (Wildman–Crippen MR) is 57.0 cm³/mol. The van der Waals surface area contributed by atoms with Gasteiger partial charge in [-0.1, -0.05) is 30.3 Å². The molecule has 0 unspecified atom stereocenters. The van der Waals surface area contributed by atoms with E-state index in [-0.39, 0.29) is 57.3 Å². The second-order valence-corrected chi connectivity index (χ2v) is 3.10. The smallest absolute Gasteiger partial charge is 1.00 e. The molecule has 0 radical (unpaired) electrons. The molecule has 1 rings (SSSR count). The van der Waals surface area contributed by atoms with E-state index in [1.54, 1.807) is 18.2 Å². The number of aliphatic carboxylic acids is 2. The first-order chi connectivity index (χ1) is 6.49. The number of hydrogen-bond donors (Lipinski definition) is 2. The quantitative estimate of drug-likeness (QED) is 0.638.